The second-order valence-electron chi connectivity index (χ2n) is 6.04. The molecular weight excluding hydrogens is 272 g/mol. The molecule has 0 saturated heterocycles. The van der Waals surface area contributed by atoms with Crippen molar-refractivity contribution in [3.63, 3.8) is 0 Å². The second-order valence-corrected chi connectivity index (χ2v) is 6.04. The number of unbranched alkanes of at least 4 members (excludes halogenated alkanes) is 1. The van der Waals surface area contributed by atoms with E-state index in [0.29, 0.717) is 6.61 Å². The minimum atomic E-state index is -1.12. The van der Waals surface area contributed by atoms with Crippen molar-refractivity contribution in [1.82, 2.24) is 0 Å². The Kier molecular flexibility index (Phi) is 5.38. The van der Waals surface area contributed by atoms with Gasteiger partial charge >= 0.3 is 0 Å². The average Bonchev–Trinajstić information content (AvgIpc) is 2.56. The van der Waals surface area contributed by atoms with Gasteiger partial charge in [0.15, 0.2) is 0 Å². The molecule has 0 bridgehead atoms. The van der Waals surface area contributed by atoms with Crippen molar-refractivity contribution in [3.8, 4) is 0 Å². The summed E-state index contributed by atoms with van der Waals surface area (Å²) in [5, 5.41) is 11.3. The lowest BCUT2D eigenvalue weighted by molar-refractivity contribution is -0.180. The Labute approximate surface area is 133 Å². The summed E-state index contributed by atoms with van der Waals surface area (Å²) < 4.78 is 6.23. The topological polar surface area (TPSA) is 29.5 Å². The summed E-state index contributed by atoms with van der Waals surface area (Å²) >= 11 is 0. The molecule has 118 valence electrons. The smallest absolute Gasteiger partial charge is 0.123 e. The third-order valence-electron chi connectivity index (χ3n) is 4.48. The summed E-state index contributed by atoms with van der Waals surface area (Å²) in [6, 6.07) is 19.7. The van der Waals surface area contributed by atoms with E-state index in [2.05, 4.69) is 6.92 Å². The van der Waals surface area contributed by atoms with Crippen molar-refractivity contribution >= 4 is 0 Å². The van der Waals surface area contributed by atoms with Gasteiger partial charge in [0.05, 0.1) is 0 Å². The van der Waals surface area contributed by atoms with Crippen LogP contribution in [-0.2, 0) is 15.9 Å². The van der Waals surface area contributed by atoms with Crippen LogP contribution in [0.4, 0.5) is 0 Å². The molecule has 0 aliphatic rings. The molecular formula is C20H26O2. The van der Waals surface area contributed by atoms with Crippen molar-refractivity contribution in [2.45, 2.75) is 44.8 Å². The predicted octanol–water partition coefficient (Wildman–Crippen LogP) is 4.63. The first kappa shape index (κ1) is 16.7. The van der Waals surface area contributed by atoms with Gasteiger partial charge in [-0.2, -0.15) is 0 Å². The van der Waals surface area contributed by atoms with Crippen LogP contribution in [0.2, 0.25) is 0 Å². The van der Waals surface area contributed by atoms with Gasteiger partial charge in [-0.15, -0.1) is 0 Å². The van der Waals surface area contributed by atoms with Gasteiger partial charge in [0, 0.05) is 6.61 Å². The van der Waals surface area contributed by atoms with E-state index in [1.165, 1.54) is 0 Å². The Morgan fingerprint density at radius 1 is 0.864 bits per heavy atom. The monoisotopic (exact) mass is 298 g/mol. The quantitative estimate of drug-likeness (QED) is 0.755. The Morgan fingerprint density at radius 3 is 1.86 bits per heavy atom. The molecule has 2 nitrogen and oxygen atoms in total. The molecule has 2 unspecified atom stereocenters. The minimum Gasteiger partial charge on any atom is -0.382 e. The maximum Gasteiger partial charge on any atom is 0.123 e. The van der Waals surface area contributed by atoms with Gasteiger partial charge in [0.2, 0.25) is 0 Å². The molecule has 2 aromatic rings. The lowest BCUT2D eigenvalue weighted by Crippen LogP contribution is -2.47. The van der Waals surface area contributed by atoms with Gasteiger partial charge < -0.3 is 9.84 Å². The molecule has 0 heterocycles. The van der Waals surface area contributed by atoms with Crippen LogP contribution >= 0.6 is 0 Å². The molecule has 2 aromatic carbocycles. The fourth-order valence-corrected chi connectivity index (χ4v) is 2.72. The predicted molar refractivity (Wildman–Crippen MR) is 90.7 cm³/mol. The van der Waals surface area contributed by atoms with Gasteiger partial charge in [0.25, 0.3) is 0 Å². The summed E-state index contributed by atoms with van der Waals surface area (Å²) in [5.41, 5.74) is -0.0773. The van der Waals surface area contributed by atoms with Crippen LogP contribution in [-0.4, -0.2) is 11.7 Å². The van der Waals surface area contributed by atoms with E-state index in [1.807, 2.05) is 74.5 Å². The van der Waals surface area contributed by atoms with Gasteiger partial charge in [-0.05, 0) is 31.4 Å². The van der Waals surface area contributed by atoms with E-state index in [9.17, 15) is 5.11 Å². The normalized spacial score (nSPS) is 16.7. The summed E-state index contributed by atoms with van der Waals surface area (Å²) in [5.74, 6) is 0. The molecule has 2 atom stereocenters. The molecule has 0 saturated carbocycles. The zero-order chi connectivity index (χ0) is 16.1. The maximum absolute atomic E-state index is 11.3. The molecule has 0 aliphatic carbocycles. The van der Waals surface area contributed by atoms with E-state index in [-0.39, 0.29) is 0 Å². The Balaban J connectivity index is 2.43. The van der Waals surface area contributed by atoms with E-state index in [0.717, 1.165) is 24.0 Å². The maximum atomic E-state index is 11.3. The number of rotatable bonds is 7. The average molecular weight is 298 g/mol. The van der Waals surface area contributed by atoms with Gasteiger partial charge in [-0.3, -0.25) is 0 Å². The van der Waals surface area contributed by atoms with Crippen LogP contribution in [0.1, 0.15) is 44.7 Å². The minimum absolute atomic E-state index is 0.630. The second kappa shape index (κ2) is 7.08. The molecule has 2 heteroatoms. The van der Waals surface area contributed by atoms with Crippen molar-refractivity contribution in [2.75, 3.05) is 6.61 Å². The lowest BCUT2D eigenvalue weighted by atomic mass is 9.75. The van der Waals surface area contributed by atoms with E-state index >= 15 is 0 Å². The van der Waals surface area contributed by atoms with Crippen LogP contribution in [0.15, 0.2) is 60.7 Å². The SMILES string of the molecule is CCCCOC(C)(c1ccccc1)C(C)(O)c1ccccc1. The molecule has 1 N–H and O–H groups in total. The number of aliphatic hydroxyl groups is 1. The molecule has 0 radical (unpaired) electrons. The summed E-state index contributed by atoms with van der Waals surface area (Å²) in [7, 11) is 0. The molecule has 0 aliphatic heterocycles. The molecule has 0 spiro atoms. The highest BCUT2D eigenvalue weighted by Gasteiger charge is 2.46. The standard InChI is InChI=1S/C20H26O2/c1-4-5-16-22-20(3,18-14-10-7-11-15-18)19(2,21)17-12-8-6-9-13-17/h6-15,21H,4-5,16H2,1-3H3. The molecule has 2 rings (SSSR count). The van der Waals surface area contributed by atoms with Gasteiger partial charge in [-0.25, -0.2) is 0 Å². The summed E-state index contributed by atoms with van der Waals surface area (Å²) in [4.78, 5) is 0. The van der Waals surface area contributed by atoms with E-state index < -0.39 is 11.2 Å². The highest BCUT2D eigenvalue weighted by atomic mass is 16.5. The van der Waals surface area contributed by atoms with Crippen molar-refractivity contribution in [3.05, 3.63) is 71.8 Å². The highest BCUT2D eigenvalue weighted by molar-refractivity contribution is 5.32. The van der Waals surface area contributed by atoms with E-state index in [4.69, 9.17) is 4.74 Å². The fraction of sp³-hybridized carbons (Fsp3) is 0.400. The Hall–Kier alpha value is -1.64. The summed E-state index contributed by atoms with van der Waals surface area (Å²) in [6.45, 7) is 6.58. The first-order chi connectivity index (χ1) is 10.5. The van der Waals surface area contributed by atoms with Crippen molar-refractivity contribution in [1.29, 1.82) is 0 Å². The van der Waals surface area contributed by atoms with Gasteiger partial charge in [0.1, 0.15) is 11.2 Å². The van der Waals surface area contributed by atoms with Crippen LogP contribution < -0.4 is 0 Å². The zero-order valence-electron chi connectivity index (χ0n) is 13.8. The van der Waals surface area contributed by atoms with Gasteiger partial charge in [-0.1, -0.05) is 74.0 Å². The summed E-state index contributed by atoms with van der Waals surface area (Å²) in [6.07, 6.45) is 2.05. The molecule has 0 amide bonds. The number of hydrogen-bond donors (Lipinski definition) is 1. The first-order valence-electron chi connectivity index (χ1n) is 7.99. The molecule has 22 heavy (non-hydrogen) atoms. The number of hydrogen-bond acceptors (Lipinski definition) is 2. The Morgan fingerprint density at radius 2 is 1.36 bits per heavy atom. The van der Waals surface area contributed by atoms with Crippen LogP contribution in [0.25, 0.3) is 0 Å². The van der Waals surface area contributed by atoms with Crippen LogP contribution in [0.5, 0.6) is 0 Å². The number of benzene rings is 2. The van der Waals surface area contributed by atoms with Crippen LogP contribution in [0, 0.1) is 0 Å². The number of ether oxygens (including phenoxy) is 1. The van der Waals surface area contributed by atoms with Crippen LogP contribution in [0.3, 0.4) is 0 Å². The highest BCUT2D eigenvalue weighted by Crippen LogP contribution is 2.43. The van der Waals surface area contributed by atoms with Crippen molar-refractivity contribution in [2.24, 2.45) is 0 Å². The lowest BCUT2D eigenvalue weighted by Gasteiger charge is -2.43. The van der Waals surface area contributed by atoms with E-state index in [1.54, 1.807) is 0 Å². The largest absolute Gasteiger partial charge is 0.382 e. The third-order valence-corrected chi connectivity index (χ3v) is 4.48. The fourth-order valence-electron chi connectivity index (χ4n) is 2.72. The third kappa shape index (κ3) is 3.23. The molecule has 0 aromatic heterocycles. The molecule has 0 fully saturated rings. The van der Waals surface area contributed by atoms with Crippen molar-refractivity contribution < 1.29 is 9.84 Å². The first-order valence-corrected chi connectivity index (χ1v) is 7.99. The zero-order valence-corrected chi connectivity index (χ0v) is 13.8. The Bertz CT molecular complexity index is 563.